The number of anilines is 1. The number of nitrogen functional groups attached to an aromatic ring is 1. The van der Waals surface area contributed by atoms with Crippen LogP contribution in [0.5, 0.6) is 0 Å². The van der Waals surface area contributed by atoms with E-state index in [0.717, 1.165) is 10.6 Å². The number of hydrogen-bond acceptors (Lipinski definition) is 6. The van der Waals surface area contributed by atoms with Crippen molar-refractivity contribution in [2.24, 2.45) is 0 Å². The summed E-state index contributed by atoms with van der Waals surface area (Å²) in [5.41, 5.74) is 5.65. The summed E-state index contributed by atoms with van der Waals surface area (Å²) in [5, 5.41) is 17.8. The molecule has 0 bridgehead atoms. The van der Waals surface area contributed by atoms with Gasteiger partial charge in [-0.1, -0.05) is 0 Å². The summed E-state index contributed by atoms with van der Waals surface area (Å²) in [5.74, 6) is -2.82. The van der Waals surface area contributed by atoms with Gasteiger partial charge in [-0.05, 0) is 18.2 Å². The number of nitrogens with one attached hydrogen (secondary N) is 2. The van der Waals surface area contributed by atoms with Crippen LogP contribution in [0.3, 0.4) is 0 Å². The molecule has 1 aromatic carbocycles. The average Bonchev–Trinajstić information content (AvgIpc) is 3.08. The number of aromatic nitrogens is 3. The Morgan fingerprint density at radius 3 is 2.64 bits per heavy atom. The number of H-pyrrole nitrogens is 1. The Morgan fingerprint density at radius 1 is 1.16 bits per heavy atom. The van der Waals surface area contributed by atoms with Crippen LogP contribution in [0.2, 0.25) is 0 Å². The molecule has 1 aliphatic rings. The molecular formula is C15H9N5O5. The van der Waals surface area contributed by atoms with E-state index in [4.69, 9.17) is 10.8 Å². The van der Waals surface area contributed by atoms with Crippen LogP contribution >= 0.6 is 0 Å². The molecule has 2 amide bonds. The zero-order valence-corrected chi connectivity index (χ0v) is 12.4. The number of nitrogens with zero attached hydrogens (tertiary/aromatic N) is 2. The van der Waals surface area contributed by atoms with Crippen molar-refractivity contribution in [2.45, 2.75) is 0 Å². The van der Waals surface area contributed by atoms with Gasteiger partial charge < -0.3 is 10.8 Å². The highest BCUT2D eigenvalue weighted by Gasteiger charge is 2.31. The van der Waals surface area contributed by atoms with Crippen LogP contribution in [0.1, 0.15) is 31.2 Å². The van der Waals surface area contributed by atoms with E-state index in [0.29, 0.717) is 5.52 Å². The predicted octanol–water partition coefficient (Wildman–Crippen LogP) is -0.122. The van der Waals surface area contributed by atoms with Gasteiger partial charge in [-0.2, -0.15) is 5.10 Å². The topological polar surface area (TPSA) is 160 Å². The maximum atomic E-state index is 12.4. The molecule has 1 aliphatic heterocycles. The predicted molar refractivity (Wildman–Crippen MR) is 84.9 cm³/mol. The van der Waals surface area contributed by atoms with E-state index in [1.807, 2.05) is 0 Å². The maximum Gasteiger partial charge on any atom is 0.357 e. The van der Waals surface area contributed by atoms with E-state index in [-0.39, 0.29) is 33.7 Å². The summed E-state index contributed by atoms with van der Waals surface area (Å²) in [7, 11) is 0. The van der Waals surface area contributed by atoms with Gasteiger partial charge in [0.15, 0.2) is 5.69 Å². The zero-order chi connectivity index (χ0) is 17.9. The van der Waals surface area contributed by atoms with E-state index in [9.17, 15) is 19.2 Å². The van der Waals surface area contributed by atoms with Crippen LogP contribution in [0, 0.1) is 0 Å². The standard InChI is InChI=1S/C15H9N5O5/c16-12-10-7(13(22)17-14(10)23)4-9(21)20(12)5-1-2-8-6(3-5)11(15(24)25)19-18-8/h1-4H,16H2,(H,18,19)(H,24,25)(H,17,22,23). The van der Waals surface area contributed by atoms with Gasteiger partial charge in [-0.15, -0.1) is 0 Å². The molecule has 2 aromatic heterocycles. The highest BCUT2D eigenvalue weighted by Crippen LogP contribution is 2.25. The fourth-order valence-electron chi connectivity index (χ4n) is 2.85. The zero-order valence-electron chi connectivity index (χ0n) is 12.4. The van der Waals surface area contributed by atoms with Gasteiger partial charge in [0.2, 0.25) is 0 Å². The minimum atomic E-state index is -1.23. The van der Waals surface area contributed by atoms with Gasteiger partial charge in [-0.25, -0.2) is 4.79 Å². The maximum absolute atomic E-state index is 12.4. The van der Waals surface area contributed by atoms with E-state index < -0.39 is 23.3 Å². The molecule has 10 heteroatoms. The highest BCUT2D eigenvalue weighted by atomic mass is 16.4. The second-order valence-electron chi connectivity index (χ2n) is 5.38. The molecule has 0 unspecified atom stereocenters. The smallest absolute Gasteiger partial charge is 0.357 e. The van der Waals surface area contributed by atoms with E-state index >= 15 is 0 Å². The number of carboxylic acid groups (broad SMARTS) is 1. The molecule has 3 aromatic rings. The first-order valence-electron chi connectivity index (χ1n) is 7.01. The summed E-state index contributed by atoms with van der Waals surface area (Å²) in [6.07, 6.45) is 0. The van der Waals surface area contributed by atoms with Crippen molar-refractivity contribution < 1.29 is 19.5 Å². The molecule has 124 valence electrons. The Kier molecular flexibility index (Phi) is 2.79. The summed E-state index contributed by atoms with van der Waals surface area (Å²) in [6, 6.07) is 5.49. The first-order chi connectivity index (χ1) is 11.9. The Bertz CT molecular complexity index is 1170. The van der Waals surface area contributed by atoms with Gasteiger partial charge in [0.25, 0.3) is 17.4 Å². The van der Waals surface area contributed by atoms with Crippen LogP contribution < -0.4 is 16.6 Å². The number of carbonyl (C=O) groups excluding carboxylic acids is 2. The van der Waals surface area contributed by atoms with Crippen molar-refractivity contribution in [2.75, 3.05) is 5.73 Å². The van der Waals surface area contributed by atoms with E-state index in [2.05, 4.69) is 15.5 Å². The number of pyridine rings is 1. The Balaban J connectivity index is 2.01. The third-order valence-corrected chi connectivity index (χ3v) is 3.96. The van der Waals surface area contributed by atoms with Gasteiger partial charge in [0, 0.05) is 11.5 Å². The second kappa shape index (κ2) is 4.77. The Hall–Kier alpha value is -3.95. The van der Waals surface area contributed by atoms with Crippen molar-refractivity contribution in [3.63, 3.8) is 0 Å². The highest BCUT2D eigenvalue weighted by molar-refractivity contribution is 6.23. The molecule has 0 saturated heterocycles. The summed E-state index contributed by atoms with van der Waals surface area (Å²) >= 11 is 0. The molecule has 4 rings (SSSR count). The van der Waals surface area contributed by atoms with Crippen molar-refractivity contribution in [3.05, 3.63) is 51.4 Å². The Labute approximate surface area is 137 Å². The molecular weight excluding hydrogens is 330 g/mol. The number of aromatic amines is 1. The van der Waals surface area contributed by atoms with E-state index in [1.165, 1.54) is 18.2 Å². The lowest BCUT2D eigenvalue weighted by Crippen LogP contribution is -2.24. The fourth-order valence-corrected chi connectivity index (χ4v) is 2.85. The third kappa shape index (κ3) is 1.94. The van der Waals surface area contributed by atoms with Crippen LogP contribution in [0.4, 0.5) is 5.82 Å². The largest absolute Gasteiger partial charge is 0.476 e. The number of rotatable bonds is 2. The molecule has 0 radical (unpaired) electrons. The van der Waals surface area contributed by atoms with Gasteiger partial charge >= 0.3 is 5.97 Å². The normalized spacial score (nSPS) is 13.1. The summed E-state index contributed by atoms with van der Waals surface area (Å²) < 4.78 is 1.04. The van der Waals surface area contributed by atoms with Gasteiger partial charge in [0.05, 0.1) is 22.3 Å². The molecule has 25 heavy (non-hydrogen) atoms. The number of fused-ring (bicyclic) bond motifs is 2. The molecule has 0 saturated carbocycles. The number of amides is 2. The van der Waals surface area contributed by atoms with Gasteiger partial charge in [-0.3, -0.25) is 29.4 Å². The lowest BCUT2D eigenvalue weighted by atomic mass is 10.1. The summed E-state index contributed by atoms with van der Waals surface area (Å²) in [6.45, 7) is 0. The molecule has 0 atom stereocenters. The first-order valence-corrected chi connectivity index (χ1v) is 7.01. The van der Waals surface area contributed by atoms with Crippen molar-refractivity contribution >= 4 is 34.5 Å². The second-order valence-corrected chi connectivity index (χ2v) is 5.38. The van der Waals surface area contributed by atoms with Gasteiger partial charge in [0.1, 0.15) is 5.82 Å². The van der Waals surface area contributed by atoms with Crippen LogP contribution in [0.25, 0.3) is 16.6 Å². The quantitative estimate of drug-likeness (QED) is 0.473. The lowest BCUT2D eigenvalue weighted by molar-refractivity contribution is 0.0691. The van der Waals surface area contributed by atoms with Crippen molar-refractivity contribution in [3.8, 4) is 5.69 Å². The van der Waals surface area contributed by atoms with Crippen molar-refractivity contribution in [1.82, 2.24) is 20.1 Å². The number of carbonyl (C=O) groups is 3. The summed E-state index contributed by atoms with van der Waals surface area (Å²) in [4.78, 5) is 47.2. The lowest BCUT2D eigenvalue weighted by Gasteiger charge is -2.12. The molecule has 0 aliphatic carbocycles. The van der Waals surface area contributed by atoms with Crippen LogP contribution in [-0.4, -0.2) is 37.7 Å². The van der Waals surface area contributed by atoms with Crippen LogP contribution in [-0.2, 0) is 0 Å². The number of imide groups is 1. The molecule has 0 fully saturated rings. The number of nitrogens with two attached hydrogens (primary N) is 1. The van der Waals surface area contributed by atoms with Crippen molar-refractivity contribution in [1.29, 1.82) is 0 Å². The number of aromatic carboxylic acids is 1. The number of carboxylic acids is 1. The molecule has 0 spiro atoms. The minimum Gasteiger partial charge on any atom is -0.476 e. The molecule has 5 N–H and O–H groups in total. The van der Waals surface area contributed by atoms with E-state index in [1.54, 1.807) is 0 Å². The minimum absolute atomic E-state index is 0.0839. The average molecular weight is 339 g/mol. The number of benzene rings is 1. The molecule has 10 nitrogen and oxygen atoms in total. The molecule has 3 heterocycles. The monoisotopic (exact) mass is 339 g/mol. The number of hydrogen-bond donors (Lipinski definition) is 4. The SMILES string of the molecule is Nc1c2c(cc(=O)n1-c1ccc3[nH]nc(C(=O)O)c3c1)C(=O)NC2=O. The third-order valence-electron chi connectivity index (χ3n) is 3.96. The Morgan fingerprint density at radius 2 is 1.92 bits per heavy atom. The fraction of sp³-hybridized carbons (Fsp3) is 0. The first kappa shape index (κ1) is 14.6. The van der Waals surface area contributed by atoms with Crippen LogP contribution in [0.15, 0.2) is 29.1 Å².